The van der Waals surface area contributed by atoms with E-state index < -0.39 is 0 Å². The second-order valence-corrected chi connectivity index (χ2v) is 6.49. The number of nitrogens with zero attached hydrogens (tertiary/aromatic N) is 2. The van der Waals surface area contributed by atoms with Crippen molar-refractivity contribution >= 4 is 29.0 Å². The standard InChI is InChI=1S/C16H19ClN4O/c1-10-5-6-11(7-12(10)17)20-14-8-13(18-9-19-14)15(22)21-16(2,3)4/h5-9H,1-4H3,(H,21,22)(H,18,19,20). The minimum Gasteiger partial charge on any atom is -0.346 e. The van der Waals surface area contributed by atoms with Crippen LogP contribution >= 0.6 is 11.6 Å². The molecule has 2 N–H and O–H groups in total. The van der Waals surface area contributed by atoms with Crippen molar-refractivity contribution in [1.29, 1.82) is 0 Å². The van der Waals surface area contributed by atoms with Gasteiger partial charge in [0, 0.05) is 22.3 Å². The van der Waals surface area contributed by atoms with Crippen LogP contribution in [0.4, 0.5) is 11.5 Å². The molecular weight excluding hydrogens is 300 g/mol. The van der Waals surface area contributed by atoms with Gasteiger partial charge in [-0.25, -0.2) is 9.97 Å². The lowest BCUT2D eigenvalue weighted by molar-refractivity contribution is 0.0914. The molecule has 1 heterocycles. The Morgan fingerprint density at radius 3 is 2.55 bits per heavy atom. The first-order valence-electron chi connectivity index (χ1n) is 6.92. The predicted octanol–water partition coefficient (Wildman–Crippen LogP) is 3.71. The molecule has 0 spiro atoms. The normalized spacial score (nSPS) is 11.1. The number of aryl methyl sites for hydroxylation is 1. The van der Waals surface area contributed by atoms with Crippen LogP contribution in [0.15, 0.2) is 30.6 Å². The highest BCUT2D eigenvalue weighted by Crippen LogP contribution is 2.22. The molecule has 1 aromatic carbocycles. The predicted molar refractivity (Wildman–Crippen MR) is 88.7 cm³/mol. The molecule has 0 aliphatic rings. The van der Waals surface area contributed by atoms with Crippen LogP contribution in [0.2, 0.25) is 5.02 Å². The topological polar surface area (TPSA) is 66.9 Å². The highest BCUT2D eigenvalue weighted by atomic mass is 35.5. The van der Waals surface area contributed by atoms with Crippen molar-refractivity contribution in [2.24, 2.45) is 0 Å². The number of aromatic nitrogens is 2. The molecule has 0 radical (unpaired) electrons. The molecule has 0 unspecified atom stereocenters. The number of halogens is 1. The first kappa shape index (κ1) is 16.2. The molecule has 0 aliphatic heterocycles. The highest BCUT2D eigenvalue weighted by molar-refractivity contribution is 6.31. The summed E-state index contributed by atoms with van der Waals surface area (Å²) >= 11 is 6.10. The number of carbonyl (C=O) groups is 1. The number of nitrogens with one attached hydrogen (secondary N) is 2. The monoisotopic (exact) mass is 318 g/mol. The van der Waals surface area contributed by atoms with Crippen molar-refractivity contribution in [2.45, 2.75) is 33.2 Å². The van der Waals surface area contributed by atoms with Crippen molar-refractivity contribution in [2.75, 3.05) is 5.32 Å². The van der Waals surface area contributed by atoms with E-state index in [0.29, 0.717) is 16.5 Å². The summed E-state index contributed by atoms with van der Waals surface area (Å²) in [6.45, 7) is 7.68. The van der Waals surface area contributed by atoms with Gasteiger partial charge in [-0.15, -0.1) is 0 Å². The molecular formula is C16H19ClN4O. The fourth-order valence-corrected chi connectivity index (χ4v) is 1.95. The maximum absolute atomic E-state index is 12.1. The third kappa shape index (κ3) is 4.43. The average molecular weight is 319 g/mol. The lowest BCUT2D eigenvalue weighted by Gasteiger charge is -2.20. The fourth-order valence-electron chi connectivity index (χ4n) is 1.77. The van der Waals surface area contributed by atoms with E-state index in [-0.39, 0.29) is 11.4 Å². The summed E-state index contributed by atoms with van der Waals surface area (Å²) in [6.07, 6.45) is 1.36. The summed E-state index contributed by atoms with van der Waals surface area (Å²) in [7, 11) is 0. The number of anilines is 2. The zero-order valence-corrected chi connectivity index (χ0v) is 13.8. The van der Waals surface area contributed by atoms with Crippen LogP contribution in [0.5, 0.6) is 0 Å². The van der Waals surface area contributed by atoms with Crippen LogP contribution in [-0.4, -0.2) is 21.4 Å². The SMILES string of the molecule is Cc1ccc(Nc2cc(C(=O)NC(C)(C)C)ncn2)cc1Cl. The number of hydrogen-bond donors (Lipinski definition) is 2. The lowest BCUT2D eigenvalue weighted by Crippen LogP contribution is -2.40. The van der Waals surface area contributed by atoms with Gasteiger partial charge < -0.3 is 10.6 Å². The van der Waals surface area contributed by atoms with Gasteiger partial charge in [-0.05, 0) is 45.4 Å². The number of benzene rings is 1. The Kier molecular flexibility index (Phi) is 4.66. The zero-order valence-electron chi connectivity index (χ0n) is 13.1. The summed E-state index contributed by atoms with van der Waals surface area (Å²) < 4.78 is 0. The van der Waals surface area contributed by atoms with Gasteiger partial charge in [-0.3, -0.25) is 4.79 Å². The zero-order chi connectivity index (χ0) is 16.3. The van der Waals surface area contributed by atoms with E-state index in [1.807, 2.05) is 45.9 Å². The van der Waals surface area contributed by atoms with E-state index in [1.54, 1.807) is 6.07 Å². The number of rotatable bonds is 3. The molecule has 2 aromatic rings. The van der Waals surface area contributed by atoms with Gasteiger partial charge in [-0.2, -0.15) is 0 Å². The molecule has 0 aliphatic carbocycles. The molecule has 22 heavy (non-hydrogen) atoms. The summed E-state index contributed by atoms with van der Waals surface area (Å²) in [5.74, 6) is 0.300. The van der Waals surface area contributed by atoms with Crippen molar-refractivity contribution < 1.29 is 4.79 Å². The van der Waals surface area contributed by atoms with Gasteiger partial charge in [-0.1, -0.05) is 17.7 Å². The molecule has 0 atom stereocenters. The average Bonchev–Trinajstić information content (AvgIpc) is 2.41. The van der Waals surface area contributed by atoms with Crippen LogP contribution in [0.3, 0.4) is 0 Å². The van der Waals surface area contributed by atoms with Crippen molar-refractivity contribution in [3.63, 3.8) is 0 Å². The second-order valence-electron chi connectivity index (χ2n) is 6.08. The van der Waals surface area contributed by atoms with E-state index in [4.69, 9.17) is 11.6 Å². The van der Waals surface area contributed by atoms with Crippen LogP contribution in [-0.2, 0) is 0 Å². The van der Waals surface area contributed by atoms with Crippen molar-refractivity contribution in [3.05, 3.63) is 46.9 Å². The first-order valence-corrected chi connectivity index (χ1v) is 7.30. The van der Waals surface area contributed by atoms with E-state index in [0.717, 1.165) is 11.3 Å². The smallest absolute Gasteiger partial charge is 0.270 e. The second kappa shape index (κ2) is 6.32. The molecule has 1 aromatic heterocycles. The maximum Gasteiger partial charge on any atom is 0.270 e. The lowest BCUT2D eigenvalue weighted by atomic mass is 10.1. The molecule has 1 amide bonds. The number of amides is 1. The van der Waals surface area contributed by atoms with Crippen LogP contribution in [0.1, 0.15) is 36.8 Å². The minimum atomic E-state index is -0.319. The minimum absolute atomic E-state index is 0.236. The Morgan fingerprint density at radius 1 is 1.18 bits per heavy atom. The first-order chi connectivity index (χ1) is 10.2. The quantitative estimate of drug-likeness (QED) is 0.905. The maximum atomic E-state index is 12.1. The number of carbonyl (C=O) groups excluding carboxylic acids is 1. The highest BCUT2D eigenvalue weighted by Gasteiger charge is 2.16. The molecule has 116 valence electrons. The molecule has 2 rings (SSSR count). The molecule has 0 fully saturated rings. The van der Waals surface area contributed by atoms with Crippen molar-refractivity contribution in [1.82, 2.24) is 15.3 Å². The van der Waals surface area contributed by atoms with Gasteiger partial charge in [0.15, 0.2) is 0 Å². The van der Waals surface area contributed by atoms with Crippen LogP contribution in [0, 0.1) is 6.92 Å². The molecule has 5 nitrogen and oxygen atoms in total. The van der Waals surface area contributed by atoms with Gasteiger partial charge in [0.25, 0.3) is 5.91 Å². The summed E-state index contributed by atoms with van der Waals surface area (Å²) in [5.41, 5.74) is 1.79. The van der Waals surface area contributed by atoms with E-state index in [2.05, 4.69) is 20.6 Å². The summed E-state index contributed by atoms with van der Waals surface area (Å²) in [4.78, 5) is 20.2. The summed E-state index contributed by atoms with van der Waals surface area (Å²) in [6, 6.07) is 7.24. The number of hydrogen-bond acceptors (Lipinski definition) is 4. The Labute approximate surface area is 135 Å². The summed E-state index contributed by atoms with van der Waals surface area (Å²) in [5, 5.41) is 6.65. The molecule has 6 heteroatoms. The Morgan fingerprint density at radius 2 is 1.91 bits per heavy atom. The van der Waals surface area contributed by atoms with Gasteiger partial charge in [0.2, 0.25) is 0 Å². The molecule has 0 bridgehead atoms. The van der Waals surface area contributed by atoms with E-state index in [9.17, 15) is 4.79 Å². The molecule has 0 saturated carbocycles. The van der Waals surface area contributed by atoms with Crippen LogP contribution < -0.4 is 10.6 Å². The largest absolute Gasteiger partial charge is 0.346 e. The molecule has 0 saturated heterocycles. The Hall–Kier alpha value is -2.14. The van der Waals surface area contributed by atoms with Gasteiger partial charge in [0.1, 0.15) is 17.8 Å². The Bertz CT molecular complexity index is 695. The van der Waals surface area contributed by atoms with E-state index in [1.165, 1.54) is 6.33 Å². The third-order valence-electron chi connectivity index (χ3n) is 2.83. The Balaban J connectivity index is 2.17. The van der Waals surface area contributed by atoms with Gasteiger partial charge in [0.05, 0.1) is 0 Å². The van der Waals surface area contributed by atoms with Crippen LogP contribution in [0.25, 0.3) is 0 Å². The van der Waals surface area contributed by atoms with Crippen molar-refractivity contribution in [3.8, 4) is 0 Å². The van der Waals surface area contributed by atoms with E-state index >= 15 is 0 Å². The third-order valence-corrected chi connectivity index (χ3v) is 3.24. The fraction of sp³-hybridized carbons (Fsp3) is 0.312. The van der Waals surface area contributed by atoms with Gasteiger partial charge >= 0.3 is 0 Å².